The fourth-order valence-electron chi connectivity index (χ4n) is 2.69. The number of esters is 3. The van der Waals surface area contributed by atoms with E-state index in [9.17, 15) is 24.6 Å². The topological polar surface area (TPSA) is 129 Å². The molecular formula is C21H36O9. The smallest absolute Gasteiger partial charge is 0.309 e. The maximum atomic E-state index is 12.5. The molecule has 0 aromatic carbocycles. The van der Waals surface area contributed by atoms with Crippen molar-refractivity contribution in [2.24, 2.45) is 17.8 Å². The predicted molar refractivity (Wildman–Crippen MR) is 106 cm³/mol. The van der Waals surface area contributed by atoms with Gasteiger partial charge in [0.1, 0.15) is 6.10 Å². The highest BCUT2D eigenvalue weighted by molar-refractivity contribution is 5.74. The number of hydrogen-bond donors (Lipinski definition) is 2. The predicted octanol–water partition coefficient (Wildman–Crippen LogP) is 1.57. The first-order valence-corrected chi connectivity index (χ1v) is 10.7. The van der Waals surface area contributed by atoms with Crippen molar-refractivity contribution in [2.45, 2.75) is 91.5 Å². The molecule has 1 fully saturated rings. The summed E-state index contributed by atoms with van der Waals surface area (Å²) in [6.45, 7) is 9.83. The standard InChI is InChI=1S/C21H36O9/c1-7-11(4)18(23)28-15-14(10-22)27-21(26)17(30-20(25)13(6)9-3)16(15)29-19(24)12(5)8-2/h11-17,21-22,26H,7-10H2,1-6H3/t11?,12?,13?,14-,15-,16+,17-,21+/m1/s1. The minimum atomic E-state index is -1.66. The van der Waals surface area contributed by atoms with E-state index in [0.717, 1.165) is 0 Å². The van der Waals surface area contributed by atoms with Gasteiger partial charge in [0, 0.05) is 0 Å². The van der Waals surface area contributed by atoms with Crippen molar-refractivity contribution in [1.29, 1.82) is 0 Å². The number of carbonyl (C=O) groups excluding carboxylic acids is 3. The third kappa shape index (κ3) is 6.65. The molecular weight excluding hydrogens is 396 g/mol. The van der Waals surface area contributed by atoms with Crippen LogP contribution in [0.1, 0.15) is 60.8 Å². The molecule has 174 valence electrons. The summed E-state index contributed by atoms with van der Waals surface area (Å²) in [7, 11) is 0. The van der Waals surface area contributed by atoms with Crippen LogP contribution in [0.4, 0.5) is 0 Å². The molecule has 3 unspecified atom stereocenters. The lowest BCUT2D eigenvalue weighted by Gasteiger charge is -2.43. The first kappa shape index (κ1) is 26.3. The molecule has 0 amide bonds. The molecule has 0 spiro atoms. The normalized spacial score (nSPS) is 29.4. The maximum absolute atomic E-state index is 12.5. The van der Waals surface area contributed by atoms with Crippen LogP contribution in [0, 0.1) is 17.8 Å². The first-order valence-electron chi connectivity index (χ1n) is 10.7. The van der Waals surface area contributed by atoms with E-state index in [1.807, 2.05) is 13.8 Å². The third-order valence-electron chi connectivity index (χ3n) is 5.59. The van der Waals surface area contributed by atoms with Gasteiger partial charge in [0.2, 0.25) is 0 Å². The van der Waals surface area contributed by atoms with Gasteiger partial charge >= 0.3 is 17.9 Å². The Kier molecular flexibility index (Phi) is 10.7. The van der Waals surface area contributed by atoms with Crippen LogP contribution >= 0.6 is 0 Å². The second-order valence-electron chi connectivity index (χ2n) is 7.88. The minimum Gasteiger partial charge on any atom is -0.455 e. The summed E-state index contributed by atoms with van der Waals surface area (Å²) in [5.41, 5.74) is 0. The SMILES string of the molecule is CCC(C)C(=O)O[C@@H]1[C@@H](OC(=O)C(C)CC)[C@@H](O)O[C@H](CO)[C@H]1OC(=O)C(C)CC. The Bertz CT molecular complexity index is 579. The second kappa shape index (κ2) is 12.2. The number of aliphatic hydroxyl groups is 2. The molecule has 1 aliphatic heterocycles. The van der Waals surface area contributed by atoms with Crippen molar-refractivity contribution in [3.8, 4) is 0 Å². The van der Waals surface area contributed by atoms with Crippen molar-refractivity contribution in [2.75, 3.05) is 6.61 Å². The Morgan fingerprint density at radius 1 is 0.767 bits per heavy atom. The van der Waals surface area contributed by atoms with Gasteiger partial charge in [-0.05, 0) is 19.3 Å². The molecule has 1 rings (SSSR count). The molecule has 1 aliphatic rings. The zero-order valence-corrected chi connectivity index (χ0v) is 18.7. The van der Waals surface area contributed by atoms with Crippen LogP contribution in [0.5, 0.6) is 0 Å². The fraction of sp³-hybridized carbons (Fsp3) is 0.857. The molecule has 0 radical (unpaired) electrons. The van der Waals surface area contributed by atoms with Crippen LogP contribution < -0.4 is 0 Å². The highest BCUT2D eigenvalue weighted by atomic mass is 16.7. The highest BCUT2D eigenvalue weighted by Crippen LogP contribution is 2.29. The van der Waals surface area contributed by atoms with Gasteiger partial charge in [0.25, 0.3) is 0 Å². The van der Waals surface area contributed by atoms with E-state index in [4.69, 9.17) is 18.9 Å². The van der Waals surface area contributed by atoms with Gasteiger partial charge in [-0.15, -0.1) is 0 Å². The van der Waals surface area contributed by atoms with Crippen molar-refractivity contribution in [3.63, 3.8) is 0 Å². The zero-order valence-electron chi connectivity index (χ0n) is 18.7. The lowest BCUT2D eigenvalue weighted by Crippen LogP contribution is -2.62. The molecule has 30 heavy (non-hydrogen) atoms. The Morgan fingerprint density at radius 2 is 1.13 bits per heavy atom. The molecule has 0 saturated carbocycles. The van der Waals surface area contributed by atoms with E-state index in [0.29, 0.717) is 19.3 Å². The van der Waals surface area contributed by atoms with Gasteiger partial charge in [-0.2, -0.15) is 0 Å². The van der Waals surface area contributed by atoms with E-state index < -0.39 is 73.0 Å². The Balaban J connectivity index is 3.26. The number of ether oxygens (including phenoxy) is 4. The second-order valence-corrected chi connectivity index (χ2v) is 7.88. The van der Waals surface area contributed by atoms with Crippen molar-refractivity contribution >= 4 is 17.9 Å². The van der Waals surface area contributed by atoms with Gasteiger partial charge in [0.15, 0.2) is 24.6 Å². The average molecular weight is 433 g/mol. The Morgan fingerprint density at radius 3 is 1.50 bits per heavy atom. The van der Waals surface area contributed by atoms with E-state index in [2.05, 4.69) is 0 Å². The van der Waals surface area contributed by atoms with Gasteiger partial charge in [-0.25, -0.2) is 0 Å². The summed E-state index contributed by atoms with van der Waals surface area (Å²) in [6, 6.07) is 0. The van der Waals surface area contributed by atoms with Crippen LogP contribution in [-0.4, -0.2) is 65.4 Å². The summed E-state index contributed by atoms with van der Waals surface area (Å²) in [6.07, 6.45) is -5.27. The van der Waals surface area contributed by atoms with E-state index >= 15 is 0 Å². The largest absolute Gasteiger partial charge is 0.455 e. The van der Waals surface area contributed by atoms with Crippen molar-refractivity contribution in [1.82, 2.24) is 0 Å². The van der Waals surface area contributed by atoms with Crippen LogP contribution in [-0.2, 0) is 33.3 Å². The van der Waals surface area contributed by atoms with Crippen molar-refractivity contribution < 1.29 is 43.5 Å². The fourth-order valence-corrected chi connectivity index (χ4v) is 2.69. The van der Waals surface area contributed by atoms with Gasteiger partial charge in [-0.3, -0.25) is 14.4 Å². The molecule has 1 heterocycles. The number of hydrogen-bond acceptors (Lipinski definition) is 9. The Hall–Kier alpha value is -1.71. The molecule has 0 bridgehead atoms. The molecule has 0 aromatic rings. The van der Waals surface area contributed by atoms with Crippen molar-refractivity contribution in [3.05, 3.63) is 0 Å². The molecule has 2 N–H and O–H groups in total. The van der Waals surface area contributed by atoms with E-state index in [1.54, 1.807) is 27.7 Å². The lowest BCUT2D eigenvalue weighted by molar-refractivity contribution is -0.298. The van der Waals surface area contributed by atoms with Gasteiger partial charge < -0.3 is 29.2 Å². The molecule has 0 aromatic heterocycles. The molecule has 9 nitrogen and oxygen atoms in total. The van der Waals surface area contributed by atoms with Crippen LogP contribution in [0.3, 0.4) is 0 Å². The van der Waals surface area contributed by atoms with Gasteiger partial charge in [-0.1, -0.05) is 41.5 Å². The highest BCUT2D eigenvalue weighted by Gasteiger charge is 2.52. The molecule has 0 aliphatic carbocycles. The van der Waals surface area contributed by atoms with Crippen LogP contribution in [0.15, 0.2) is 0 Å². The lowest BCUT2D eigenvalue weighted by atomic mass is 9.97. The summed E-state index contributed by atoms with van der Waals surface area (Å²) >= 11 is 0. The minimum absolute atomic E-state index is 0.441. The number of carbonyl (C=O) groups is 3. The maximum Gasteiger partial charge on any atom is 0.309 e. The van der Waals surface area contributed by atoms with E-state index in [1.165, 1.54) is 0 Å². The number of aliphatic hydroxyl groups excluding tert-OH is 2. The Labute approximate surface area is 178 Å². The van der Waals surface area contributed by atoms with Crippen LogP contribution in [0.25, 0.3) is 0 Å². The first-order chi connectivity index (χ1) is 14.1. The molecule has 9 heteroatoms. The summed E-state index contributed by atoms with van der Waals surface area (Å²) in [5, 5.41) is 20.1. The summed E-state index contributed by atoms with van der Waals surface area (Å²) in [4.78, 5) is 37.3. The number of rotatable bonds is 10. The summed E-state index contributed by atoms with van der Waals surface area (Å²) in [5.74, 6) is -3.14. The third-order valence-corrected chi connectivity index (χ3v) is 5.59. The quantitative estimate of drug-likeness (QED) is 0.390. The van der Waals surface area contributed by atoms with Crippen LogP contribution in [0.2, 0.25) is 0 Å². The van der Waals surface area contributed by atoms with E-state index in [-0.39, 0.29) is 0 Å². The average Bonchev–Trinajstić information content (AvgIpc) is 2.74. The summed E-state index contributed by atoms with van der Waals surface area (Å²) < 4.78 is 21.8. The van der Waals surface area contributed by atoms with Gasteiger partial charge in [0.05, 0.1) is 24.4 Å². The monoisotopic (exact) mass is 432 g/mol. The molecule has 1 saturated heterocycles. The zero-order chi connectivity index (χ0) is 23.0. The molecule has 8 atom stereocenters.